The van der Waals surface area contributed by atoms with Gasteiger partial charge in [0.2, 0.25) is 11.8 Å². The molecule has 0 spiro atoms. The van der Waals surface area contributed by atoms with Crippen LogP contribution in [0.1, 0.15) is 57.6 Å². The standard InChI is InChI=1S/C34H45N7O8/c1-34(2,3)49-33(47)41-25(14-9-17-37-32(35)36)29(44)39-26(15-16-28(42)43)30(45)40-27(31(46)48-20-21-10-5-4-6-11-21)18-22-19-38-24-13-8-7-12-23(22)24/h4-8,10-13,19,25-27,38H,9,14-18,20H2,1-3H3,(H,39,44)(H,40,45)(H,41,47)(H,42,43)(H4,35,36,37)/t25-,26-,27-/m0/s1. The summed E-state index contributed by atoms with van der Waals surface area (Å²) in [5.74, 6) is -3.66. The van der Waals surface area contributed by atoms with Gasteiger partial charge in [0, 0.05) is 36.5 Å². The normalized spacial score (nSPS) is 13.0. The van der Waals surface area contributed by atoms with Crippen molar-refractivity contribution < 1.29 is 38.6 Å². The maximum absolute atomic E-state index is 13.7. The van der Waals surface area contributed by atoms with Crippen LogP contribution in [0.25, 0.3) is 10.9 Å². The van der Waals surface area contributed by atoms with E-state index in [0.717, 1.165) is 22.0 Å². The number of aliphatic carboxylic acids is 1. The number of aromatic amines is 1. The predicted molar refractivity (Wildman–Crippen MR) is 182 cm³/mol. The summed E-state index contributed by atoms with van der Waals surface area (Å²) in [5, 5.41) is 18.0. The Morgan fingerprint density at radius 1 is 0.878 bits per heavy atom. The van der Waals surface area contributed by atoms with Gasteiger partial charge in [-0.15, -0.1) is 0 Å². The molecule has 3 aromatic rings. The number of rotatable bonds is 17. The molecular weight excluding hydrogens is 634 g/mol. The molecule has 15 nitrogen and oxygen atoms in total. The van der Waals surface area contributed by atoms with E-state index in [4.69, 9.17) is 20.9 Å². The molecule has 0 unspecified atom stereocenters. The van der Waals surface area contributed by atoms with Gasteiger partial charge < -0.3 is 47.0 Å². The van der Waals surface area contributed by atoms with E-state index >= 15 is 0 Å². The topological polar surface area (TPSA) is 240 Å². The van der Waals surface area contributed by atoms with Crippen LogP contribution in [0, 0.1) is 0 Å². The van der Waals surface area contributed by atoms with Gasteiger partial charge in [0.05, 0.1) is 0 Å². The first kappa shape index (κ1) is 37.9. The summed E-state index contributed by atoms with van der Waals surface area (Å²) in [6.07, 6.45) is 0.449. The maximum atomic E-state index is 13.7. The molecule has 0 saturated heterocycles. The van der Waals surface area contributed by atoms with Gasteiger partial charge in [-0.3, -0.25) is 19.4 Å². The van der Waals surface area contributed by atoms with Crippen molar-refractivity contribution in [3.8, 4) is 0 Å². The minimum Gasteiger partial charge on any atom is -0.481 e. The summed E-state index contributed by atoms with van der Waals surface area (Å²) in [4.78, 5) is 71.8. The molecule has 0 aliphatic rings. The SMILES string of the molecule is CC(C)(C)OC(=O)N[C@@H](CCCN=C(N)N)C(=O)N[C@@H](CCC(=O)O)C(=O)N[C@@H](Cc1c[nH]c2ccccc12)C(=O)OCc1ccccc1. The van der Waals surface area contributed by atoms with E-state index in [0.29, 0.717) is 0 Å². The van der Waals surface area contributed by atoms with E-state index in [1.165, 1.54) is 0 Å². The third kappa shape index (κ3) is 13.2. The molecule has 0 saturated carbocycles. The number of hydrogen-bond donors (Lipinski definition) is 7. The zero-order valence-electron chi connectivity index (χ0n) is 27.9. The van der Waals surface area contributed by atoms with E-state index in [2.05, 4.69) is 25.9 Å². The minimum atomic E-state index is -1.39. The molecule has 3 amide bonds. The highest BCUT2D eigenvalue weighted by Crippen LogP contribution is 2.20. The number of carboxylic acid groups (broad SMARTS) is 1. The average molecular weight is 680 g/mol. The smallest absolute Gasteiger partial charge is 0.408 e. The lowest BCUT2D eigenvalue weighted by Crippen LogP contribution is -2.56. The Balaban J connectivity index is 1.83. The van der Waals surface area contributed by atoms with Gasteiger partial charge in [-0.2, -0.15) is 0 Å². The molecular formula is C34H45N7O8. The van der Waals surface area contributed by atoms with Crippen LogP contribution in [0.4, 0.5) is 4.79 Å². The molecule has 1 heterocycles. The first-order valence-electron chi connectivity index (χ1n) is 15.8. The van der Waals surface area contributed by atoms with E-state index < -0.39 is 60.0 Å². The number of amides is 3. The van der Waals surface area contributed by atoms with Crippen LogP contribution >= 0.6 is 0 Å². The first-order chi connectivity index (χ1) is 23.2. The molecule has 264 valence electrons. The first-order valence-corrected chi connectivity index (χ1v) is 15.8. The Labute approximate surface area is 284 Å². The molecule has 49 heavy (non-hydrogen) atoms. The largest absolute Gasteiger partial charge is 0.481 e. The monoisotopic (exact) mass is 679 g/mol. The van der Waals surface area contributed by atoms with Crippen molar-refractivity contribution in [2.24, 2.45) is 16.5 Å². The number of nitrogens with zero attached hydrogens (tertiary/aromatic N) is 1. The summed E-state index contributed by atoms with van der Waals surface area (Å²) in [6.45, 7) is 5.08. The second kappa shape index (κ2) is 18.1. The number of carboxylic acids is 1. The van der Waals surface area contributed by atoms with Crippen LogP contribution in [0.5, 0.6) is 0 Å². The number of carbonyl (C=O) groups excluding carboxylic acids is 4. The molecule has 0 fully saturated rings. The van der Waals surface area contributed by atoms with Crippen LogP contribution in [0.15, 0.2) is 65.8 Å². The highest BCUT2D eigenvalue weighted by atomic mass is 16.6. The summed E-state index contributed by atoms with van der Waals surface area (Å²) >= 11 is 0. The van der Waals surface area contributed by atoms with Crippen molar-refractivity contribution in [1.29, 1.82) is 0 Å². The molecule has 3 rings (SSSR count). The van der Waals surface area contributed by atoms with Gasteiger partial charge in [0.1, 0.15) is 30.3 Å². The average Bonchev–Trinajstić information content (AvgIpc) is 3.44. The Morgan fingerprint density at radius 3 is 2.16 bits per heavy atom. The van der Waals surface area contributed by atoms with E-state index in [1.54, 1.807) is 51.2 Å². The number of guanidine groups is 1. The van der Waals surface area contributed by atoms with E-state index in [9.17, 15) is 29.1 Å². The van der Waals surface area contributed by atoms with Gasteiger partial charge in [-0.25, -0.2) is 9.59 Å². The van der Waals surface area contributed by atoms with Crippen LogP contribution in [0.3, 0.4) is 0 Å². The minimum absolute atomic E-state index is 0.0383. The summed E-state index contributed by atoms with van der Waals surface area (Å²) in [7, 11) is 0. The number of para-hydroxylation sites is 1. The van der Waals surface area contributed by atoms with Crippen molar-refractivity contribution in [1.82, 2.24) is 20.9 Å². The molecule has 0 aliphatic carbocycles. The van der Waals surface area contributed by atoms with Crippen molar-refractivity contribution in [3.63, 3.8) is 0 Å². The van der Waals surface area contributed by atoms with Gasteiger partial charge in [0.15, 0.2) is 5.96 Å². The zero-order chi connectivity index (χ0) is 36.0. The number of benzene rings is 2. The number of carbonyl (C=O) groups is 5. The Morgan fingerprint density at radius 2 is 1.51 bits per heavy atom. The molecule has 0 radical (unpaired) electrons. The fraction of sp³-hybridized carbons (Fsp3) is 0.412. The van der Waals surface area contributed by atoms with E-state index in [1.807, 2.05) is 30.3 Å². The zero-order valence-corrected chi connectivity index (χ0v) is 27.9. The fourth-order valence-electron chi connectivity index (χ4n) is 4.85. The highest BCUT2D eigenvalue weighted by Gasteiger charge is 2.32. The number of fused-ring (bicyclic) bond motifs is 1. The molecule has 15 heteroatoms. The van der Waals surface area contributed by atoms with Crippen LogP contribution in [-0.4, -0.2) is 76.2 Å². The quantitative estimate of drug-likeness (QED) is 0.0475. The Bertz CT molecular complexity index is 1610. The second-order valence-corrected chi connectivity index (χ2v) is 12.4. The summed E-state index contributed by atoms with van der Waals surface area (Å²) < 4.78 is 10.9. The molecule has 2 aromatic carbocycles. The molecule has 0 aliphatic heterocycles. The maximum Gasteiger partial charge on any atom is 0.408 e. The Kier molecular flexibility index (Phi) is 14.0. The van der Waals surface area contributed by atoms with Gasteiger partial charge in [-0.05, 0) is 57.2 Å². The molecule has 9 N–H and O–H groups in total. The number of aromatic nitrogens is 1. The molecule has 0 bridgehead atoms. The number of esters is 1. The Hall–Kier alpha value is -5.60. The number of ether oxygens (including phenoxy) is 2. The highest BCUT2D eigenvalue weighted by molar-refractivity contribution is 5.94. The third-order valence-electron chi connectivity index (χ3n) is 7.16. The summed E-state index contributed by atoms with van der Waals surface area (Å²) in [6, 6.07) is 12.7. The van der Waals surface area contributed by atoms with Gasteiger partial charge in [0.25, 0.3) is 0 Å². The lowest BCUT2D eigenvalue weighted by molar-refractivity contribution is -0.149. The predicted octanol–water partition coefficient (Wildman–Crippen LogP) is 2.24. The van der Waals surface area contributed by atoms with Crippen LogP contribution in [0.2, 0.25) is 0 Å². The van der Waals surface area contributed by atoms with Crippen LogP contribution in [-0.2, 0) is 41.7 Å². The van der Waals surface area contributed by atoms with Crippen LogP contribution < -0.4 is 27.4 Å². The number of H-pyrrole nitrogens is 1. The fourth-order valence-corrected chi connectivity index (χ4v) is 4.85. The molecule has 1 aromatic heterocycles. The molecule has 3 atom stereocenters. The number of nitrogens with one attached hydrogen (secondary N) is 4. The van der Waals surface area contributed by atoms with Crippen molar-refractivity contribution >= 4 is 46.7 Å². The van der Waals surface area contributed by atoms with Crippen molar-refractivity contribution in [2.75, 3.05) is 6.54 Å². The van der Waals surface area contributed by atoms with Crippen molar-refractivity contribution in [3.05, 3.63) is 71.9 Å². The number of alkyl carbamates (subject to hydrolysis) is 1. The summed E-state index contributed by atoms with van der Waals surface area (Å²) in [5.41, 5.74) is 12.2. The second-order valence-electron chi connectivity index (χ2n) is 12.4. The lowest BCUT2D eigenvalue weighted by Gasteiger charge is -2.26. The van der Waals surface area contributed by atoms with Crippen molar-refractivity contribution in [2.45, 2.75) is 83.2 Å². The van der Waals surface area contributed by atoms with Gasteiger partial charge in [-0.1, -0.05) is 48.5 Å². The number of nitrogens with two attached hydrogens (primary N) is 2. The number of hydrogen-bond acceptors (Lipinski definition) is 8. The van der Waals surface area contributed by atoms with Gasteiger partial charge >= 0.3 is 18.0 Å². The third-order valence-corrected chi connectivity index (χ3v) is 7.16. The lowest BCUT2D eigenvalue weighted by atomic mass is 10.0. The number of aliphatic imine (C=N–C) groups is 1. The van der Waals surface area contributed by atoms with E-state index in [-0.39, 0.29) is 44.8 Å².